The molecular weight excluding hydrogens is 464 g/mol. The maximum Gasteiger partial charge on any atom is 0.335 e. The quantitative estimate of drug-likeness (QED) is 0.336. The van der Waals surface area contributed by atoms with Crippen molar-refractivity contribution in [3.8, 4) is 22.9 Å². The van der Waals surface area contributed by atoms with E-state index in [1.54, 1.807) is 30.3 Å². The highest BCUT2D eigenvalue weighted by atomic mass is 16.5. The molecule has 0 aliphatic carbocycles. The molecule has 1 atom stereocenters. The molecule has 0 spiro atoms. The minimum Gasteiger partial charge on any atom is -0.489 e. The number of hydrogen-bond acceptors (Lipinski definition) is 5. The number of benzene rings is 3. The molecule has 0 saturated heterocycles. The van der Waals surface area contributed by atoms with Crippen LogP contribution in [0.2, 0.25) is 0 Å². The van der Waals surface area contributed by atoms with Gasteiger partial charge in [0, 0.05) is 12.1 Å². The Labute approximate surface area is 219 Å². The molecule has 37 heavy (non-hydrogen) atoms. The van der Waals surface area contributed by atoms with Crippen LogP contribution in [0.1, 0.15) is 61.7 Å². The first kappa shape index (κ1) is 27.9. The van der Waals surface area contributed by atoms with E-state index in [4.69, 9.17) is 9.84 Å². The number of nitrogens with zero attached hydrogens (tertiary/aromatic N) is 1. The van der Waals surface area contributed by atoms with Crippen LogP contribution in [-0.4, -0.2) is 41.0 Å². The summed E-state index contributed by atoms with van der Waals surface area (Å²) >= 11 is 0. The second-order valence-corrected chi connectivity index (χ2v) is 11.1. The third-order valence-electron chi connectivity index (χ3n) is 6.28. The second-order valence-electron chi connectivity index (χ2n) is 11.1. The Bertz CT molecular complexity index is 1250. The van der Waals surface area contributed by atoms with Crippen molar-refractivity contribution in [1.29, 1.82) is 5.26 Å². The molecule has 0 bridgehead atoms. The monoisotopic (exact) mass is 500 g/mol. The van der Waals surface area contributed by atoms with Gasteiger partial charge in [0.25, 0.3) is 0 Å². The number of nitrogens with one attached hydrogen (secondary N) is 1. The molecule has 0 saturated carbocycles. The Morgan fingerprint density at radius 1 is 0.973 bits per heavy atom. The summed E-state index contributed by atoms with van der Waals surface area (Å²) in [6.07, 6.45) is 0.0411. The molecule has 3 N–H and O–H groups in total. The van der Waals surface area contributed by atoms with Crippen LogP contribution in [0.15, 0.2) is 66.7 Å². The fraction of sp³-hybridized carbons (Fsp3) is 0.355. The number of carboxylic acids is 1. The zero-order chi connectivity index (χ0) is 27.2. The predicted molar refractivity (Wildman–Crippen MR) is 146 cm³/mol. The van der Waals surface area contributed by atoms with Crippen LogP contribution < -0.4 is 10.1 Å². The Morgan fingerprint density at radius 3 is 2.16 bits per heavy atom. The van der Waals surface area contributed by atoms with E-state index < -0.39 is 12.1 Å². The summed E-state index contributed by atoms with van der Waals surface area (Å²) in [5.74, 6) is -0.612. The molecule has 0 aliphatic heterocycles. The first-order chi connectivity index (χ1) is 17.4. The highest BCUT2D eigenvalue weighted by Crippen LogP contribution is 2.28. The third-order valence-corrected chi connectivity index (χ3v) is 6.28. The standard InChI is InChI=1S/C31H36N2O4/c1-30(2,3)26-14-6-21(7-15-26)17-31(4,5)33-19-27(34)20-37-28-16-24(12-13-25(28)18-32)22-8-10-23(11-9-22)29(35)36/h6-16,27,33-34H,17,19-20H2,1-5H3,(H,35,36). The molecule has 0 heterocycles. The van der Waals surface area contributed by atoms with E-state index in [1.807, 2.05) is 0 Å². The fourth-order valence-electron chi connectivity index (χ4n) is 4.05. The van der Waals surface area contributed by atoms with Crippen molar-refractivity contribution >= 4 is 5.97 Å². The van der Waals surface area contributed by atoms with E-state index in [2.05, 4.69) is 70.3 Å². The number of ether oxygens (including phenoxy) is 1. The van der Waals surface area contributed by atoms with Crippen molar-refractivity contribution in [2.75, 3.05) is 13.2 Å². The Kier molecular flexibility index (Phi) is 8.75. The van der Waals surface area contributed by atoms with Gasteiger partial charge in [-0.25, -0.2) is 4.79 Å². The SMILES string of the molecule is CC(C)(Cc1ccc(C(C)(C)C)cc1)NCC(O)COc1cc(-c2ccc(C(=O)O)cc2)ccc1C#N. The van der Waals surface area contributed by atoms with E-state index in [0.29, 0.717) is 17.9 Å². The van der Waals surface area contributed by atoms with E-state index in [1.165, 1.54) is 23.3 Å². The molecule has 3 aromatic carbocycles. The lowest BCUT2D eigenvalue weighted by atomic mass is 9.85. The minimum absolute atomic E-state index is 0.0272. The van der Waals surface area contributed by atoms with Crippen LogP contribution in [-0.2, 0) is 11.8 Å². The summed E-state index contributed by atoms with van der Waals surface area (Å²) in [6, 6.07) is 22.5. The topological polar surface area (TPSA) is 103 Å². The molecular formula is C31H36N2O4. The number of β-amino-alcohol motifs (C(OH)–C–C–N with tert-alkyl or cyclic N) is 1. The van der Waals surface area contributed by atoms with Crippen LogP contribution in [0.25, 0.3) is 11.1 Å². The second kappa shape index (κ2) is 11.6. The zero-order valence-electron chi connectivity index (χ0n) is 22.2. The van der Waals surface area contributed by atoms with Gasteiger partial charge in [0.2, 0.25) is 0 Å². The molecule has 3 rings (SSSR count). The van der Waals surface area contributed by atoms with E-state index >= 15 is 0 Å². The average molecular weight is 501 g/mol. The van der Waals surface area contributed by atoms with Crippen molar-refractivity contribution in [2.24, 2.45) is 0 Å². The van der Waals surface area contributed by atoms with Crippen molar-refractivity contribution in [2.45, 2.75) is 58.1 Å². The lowest BCUT2D eigenvalue weighted by molar-refractivity contribution is 0.0697. The summed E-state index contributed by atoms with van der Waals surface area (Å²) in [6.45, 7) is 11.2. The van der Waals surface area contributed by atoms with Crippen molar-refractivity contribution in [3.63, 3.8) is 0 Å². The first-order valence-corrected chi connectivity index (χ1v) is 12.4. The van der Waals surface area contributed by atoms with E-state index in [9.17, 15) is 15.2 Å². The van der Waals surface area contributed by atoms with Gasteiger partial charge in [-0.05, 0) is 72.2 Å². The first-order valence-electron chi connectivity index (χ1n) is 12.4. The van der Waals surface area contributed by atoms with Crippen molar-refractivity contribution < 1.29 is 19.7 Å². The van der Waals surface area contributed by atoms with Gasteiger partial charge in [-0.2, -0.15) is 5.26 Å². The highest BCUT2D eigenvalue weighted by Gasteiger charge is 2.21. The van der Waals surface area contributed by atoms with E-state index in [-0.39, 0.29) is 23.1 Å². The van der Waals surface area contributed by atoms with Gasteiger partial charge in [-0.15, -0.1) is 0 Å². The predicted octanol–water partition coefficient (Wildman–Crippen LogP) is 5.57. The van der Waals surface area contributed by atoms with Crippen LogP contribution >= 0.6 is 0 Å². The van der Waals surface area contributed by atoms with Gasteiger partial charge >= 0.3 is 5.97 Å². The summed E-state index contributed by atoms with van der Waals surface area (Å²) in [5, 5.41) is 32.6. The highest BCUT2D eigenvalue weighted by molar-refractivity contribution is 5.88. The molecule has 0 fully saturated rings. The maximum absolute atomic E-state index is 11.1. The summed E-state index contributed by atoms with van der Waals surface area (Å²) in [7, 11) is 0. The summed E-state index contributed by atoms with van der Waals surface area (Å²) in [5.41, 5.74) is 4.57. The lowest BCUT2D eigenvalue weighted by Gasteiger charge is -2.28. The zero-order valence-corrected chi connectivity index (χ0v) is 22.2. The largest absolute Gasteiger partial charge is 0.489 e. The Hall–Kier alpha value is -3.66. The molecule has 3 aromatic rings. The molecule has 6 heteroatoms. The molecule has 6 nitrogen and oxygen atoms in total. The Morgan fingerprint density at radius 2 is 1.59 bits per heavy atom. The van der Waals surface area contributed by atoms with Crippen LogP contribution in [0, 0.1) is 11.3 Å². The molecule has 0 aromatic heterocycles. The number of nitriles is 1. The normalized spacial score (nSPS) is 12.6. The number of aliphatic hydroxyl groups is 1. The van der Waals surface area contributed by atoms with Gasteiger partial charge in [-0.1, -0.05) is 63.2 Å². The van der Waals surface area contributed by atoms with Crippen LogP contribution in [0.4, 0.5) is 0 Å². The summed E-state index contributed by atoms with van der Waals surface area (Å²) < 4.78 is 5.84. The van der Waals surface area contributed by atoms with Crippen molar-refractivity contribution in [1.82, 2.24) is 5.32 Å². The number of aromatic carboxylic acids is 1. The van der Waals surface area contributed by atoms with Crippen LogP contribution in [0.5, 0.6) is 5.75 Å². The number of carboxylic acid groups (broad SMARTS) is 1. The van der Waals surface area contributed by atoms with Gasteiger partial charge in [0.05, 0.1) is 11.1 Å². The number of carbonyl (C=O) groups is 1. The maximum atomic E-state index is 11.1. The lowest BCUT2D eigenvalue weighted by Crippen LogP contribution is -2.46. The molecule has 0 aliphatic rings. The van der Waals surface area contributed by atoms with E-state index in [0.717, 1.165) is 17.5 Å². The molecule has 0 radical (unpaired) electrons. The number of hydrogen-bond donors (Lipinski definition) is 3. The molecule has 194 valence electrons. The van der Waals surface area contributed by atoms with Gasteiger partial charge < -0.3 is 20.3 Å². The van der Waals surface area contributed by atoms with Gasteiger partial charge in [0.1, 0.15) is 24.5 Å². The minimum atomic E-state index is -0.986. The smallest absolute Gasteiger partial charge is 0.335 e. The molecule has 1 unspecified atom stereocenters. The third kappa shape index (κ3) is 7.91. The number of rotatable bonds is 10. The van der Waals surface area contributed by atoms with Gasteiger partial charge in [0.15, 0.2) is 0 Å². The van der Waals surface area contributed by atoms with Gasteiger partial charge in [-0.3, -0.25) is 0 Å². The molecule has 0 amide bonds. The average Bonchev–Trinajstić information content (AvgIpc) is 2.85. The summed E-state index contributed by atoms with van der Waals surface area (Å²) in [4.78, 5) is 11.1. The van der Waals surface area contributed by atoms with Crippen LogP contribution in [0.3, 0.4) is 0 Å². The number of aliphatic hydroxyl groups excluding tert-OH is 1. The van der Waals surface area contributed by atoms with Crippen molar-refractivity contribution in [3.05, 3.63) is 89.0 Å². The Balaban J connectivity index is 1.58. The fourth-order valence-corrected chi connectivity index (χ4v) is 4.05.